The van der Waals surface area contributed by atoms with Gasteiger partial charge in [0.05, 0.1) is 16.2 Å². The molecule has 3 aromatic rings. The monoisotopic (exact) mass is 673 g/mol. The van der Waals surface area contributed by atoms with Gasteiger partial charge in [-0.05, 0) is 74.5 Å². The van der Waals surface area contributed by atoms with Crippen LogP contribution in [0.2, 0.25) is 5.02 Å². The van der Waals surface area contributed by atoms with Crippen molar-refractivity contribution in [2.45, 2.75) is 77.3 Å². The van der Waals surface area contributed by atoms with Crippen molar-refractivity contribution >= 4 is 44.5 Å². The summed E-state index contributed by atoms with van der Waals surface area (Å²) in [5, 5.41) is 0.885. The zero-order valence-corrected chi connectivity index (χ0v) is 28.8. The fraction of sp³-hybridized carbons (Fsp3) is 0.529. The van der Waals surface area contributed by atoms with E-state index in [1.165, 1.54) is 26.2 Å². The molecule has 2 heterocycles. The van der Waals surface area contributed by atoms with Gasteiger partial charge in [0.15, 0.2) is 0 Å². The Kier molecular flexibility index (Phi) is 10.8. The van der Waals surface area contributed by atoms with Gasteiger partial charge in [0.1, 0.15) is 12.4 Å². The van der Waals surface area contributed by atoms with Gasteiger partial charge in [0, 0.05) is 49.7 Å². The lowest BCUT2D eigenvalue weighted by Gasteiger charge is -2.37. The molecule has 1 saturated heterocycles. The van der Waals surface area contributed by atoms with Crippen LogP contribution in [-0.2, 0) is 21.5 Å². The third-order valence-electron chi connectivity index (χ3n) is 9.71. The second-order valence-electron chi connectivity index (χ2n) is 12.6. The standard InChI is InChI=1S/C34H45ClFN5O4S/c1-5-39(6-2)26-16-18-40(19-17-26)31(42)22-41-30-21-25(34(43)37-46(44,45)38(3)4)12-14-27(30)32(23-10-8-7-9-11-23)33(41)24-13-15-28(35)29(36)20-24/h12-15,20-21,23,26H,5-11,16-19,22H2,1-4H3,(H,37,43). The van der Waals surface area contributed by atoms with Crippen LogP contribution >= 0.6 is 11.6 Å². The number of nitrogens with zero attached hydrogens (tertiary/aromatic N) is 4. The number of hydrogen-bond acceptors (Lipinski definition) is 5. The first-order valence-corrected chi connectivity index (χ1v) is 18.1. The fourth-order valence-corrected chi connectivity index (χ4v) is 7.82. The number of piperidine rings is 1. The first kappa shape index (κ1) is 34.3. The lowest BCUT2D eigenvalue weighted by molar-refractivity contribution is -0.133. The number of likely N-dealkylation sites (tertiary alicyclic amines) is 1. The minimum absolute atomic E-state index is 0.000194. The lowest BCUT2D eigenvalue weighted by Crippen LogP contribution is -2.47. The highest BCUT2D eigenvalue weighted by molar-refractivity contribution is 7.87. The van der Waals surface area contributed by atoms with E-state index in [-0.39, 0.29) is 29.0 Å². The average molecular weight is 674 g/mol. The molecular weight excluding hydrogens is 629 g/mol. The van der Waals surface area contributed by atoms with Gasteiger partial charge in [-0.25, -0.2) is 9.11 Å². The molecule has 46 heavy (non-hydrogen) atoms. The van der Waals surface area contributed by atoms with Crippen molar-refractivity contribution in [3.8, 4) is 11.3 Å². The number of benzene rings is 2. The fourth-order valence-electron chi connectivity index (χ4n) is 7.16. The van der Waals surface area contributed by atoms with Crippen molar-refractivity contribution in [2.24, 2.45) is 0 Å². The first-order valence-electron chi connectivity index (χ1n) is 16.3. The van der Waals surface area contributed by atoms with Gasteiger partial charge in [-0.15, -0.1) is 0 Å². The summed E-state index contributed by atoms with van der Waals surface area (Å²) in [5.74, 6) is -1.19. The number of hydrogen-bond donors (Lipinski definition) is 1. The van der Waals surface area contributed by atoms with E-state index in [1.54, 1.807) is 18.2 Å². The van der Waals surface area contributed by atoms with Crippen LogP contribution in [0.5, 0.6) is 0 Å². The Bertz CT molecular complexity index is 1690. The molecule has 2 fully saturated rings. The van der Waals surface area contributed by atoms with Gasteiger partial charge in [0.2, 0.25) is 5.91 Å². The highest BCUT2D eigenvalue weighted by Gasteiger charge is 2.31. The number of carbonyl (C=O) groups excluding carboxylic acids is 2. The topological polar surface area (TPSA) is 95.0 Å². The Morgan fingerprint density at radius 1 is 0.978 bits per heavy atom. The summed E-state index contributed by atoms with van der Waals surface area (Å²) in [6.45, 7) is 7.56. The average Bonchev–Trinajstić information content (AvgIpc) is 3.36. The third-order valence-corrected chi connectivity index (χ3v) is 11.4. The van der Waals surface area contributed by atoms with Crippen molar-refractivity contribution in [1.29, 1.82) is 0 Å². The maximum Gasteiger partial charge on any atom is 0.303 e. The second kappa shape index (κ2) is 14.4. The highest BCUT2D eigenvalue weighted by atomic mass is 35.5. The van der Waals surface area contributed by atoms with Crippen molar-refractivity contribution in [3.05, 3.63) is 58.4 Å². The Hall–Kier alpha value is -2.99. The van der Waals surface area contributed by atoms with Crippen molar-refractivity contribution < 1.29 is 22.4 Å². The van der Waals surface area contributed by atoms with Gasteiger partial charge >= 0.3 is 10.2 Å². The molecule has 1 aromatic heterocycles. The maximum absolute atomic E-state index is 15.0. The Morgan fingerprint density at radius 3 is 2.26 bits per heavy atom. The van der Waals surface area contributed by atoms with E-state index in [9.17, 15) is 22.4 Å². The molecule has 12 heteroatoms. The van der Waals surface area contributed by atoms with Crippen LogP contribution < -0.4 is 4.72 Å². The SMILES string of the molecule is CCN(CC)C1CCN(C(=O)Cn2c(-c3ccc(Cl)c(F)c3)c(C3CCCCC3)c3ccc(C(=O)NS(=O)(=O)N(C)C)cc32)CC1. The molecule has 1 aliphatic heterocycles. The van der Waals surface area contributed by atoms with E-state index in [2.05, 4.69) is 23.5 Å². The summed E-state index contributed by atoms with van der Waals surface area (Å²) in [5.41, 5.74) is 3.15. The number of halogens is 2. The minimum Gasteiger partial charge on any atom is -0.341 e. The second-order valence-corrected chi connectivity index (χ2v) is 14.9. The third kappa shape index (κ3) is 7.12. The van der Waals surface area contributed by atoms with E-state index in [1.807, 2.05) is 15.5 Å². The lowest BCUT2D eigenvalue weighted by atomic mass is 9.81. The van der Waals surface area contributed by atoms with E-state index in [4.69, 9.17) is 11.6 Å². The van der Waals surface area contributed by atoms with Crippen LogP contribution in [-0.4, -0.2) is 85.2 Å². The molecule has 5 rings (SSSR count). The predicted molar refractivity (Wildman–Crippen MR) is 181 cm³/mol. The van der Waals surface area contributed by atoms with E-state index < -0.39 is 21.9 Å². The highest BCUT2D eigenvalue weighted by Crippen LogP contribution is 2.45. The zero-order valence-electron chi connectivity index (χ0n) is 27.2. The molecule has 0 spiro atoms. The van der Waals surface area contributed by atoms with Crippen LogP contribution in [0.1, 0.15) is 80.6 Å². The molecule has 9 nitrogen and oxygen atoms in total. The number of carbonyl (C=O) groups is 2. The van der Waals surface area contributed by atoms with Gasteiger partial charge < -0.3 is 14.4 Å². The molecule has 2 amide bonds. The van der Waals surface area contributed by atoms with Crippen molar-refractivity contribution in [2.75, 3.05) is 40.3 Å². The zero-order chi connectivity index (χ0) is 33.2. The summed E-state index contributed by atoms with van der Waals surface area (Å²) in [6.07, 6.45) is 6.98. The van der Waals surface area contributed by atoms with Gasteiger partial charge in [-0.1, -0.05) is 56.8 Å². The molecule has 1 aliphatic carbocycles. The van der Waals surface area contributed by atoms with Crippen molar-refractivity contribution in [3.63, 3.8) is 0 Å². The normalized spacial score (nSPS) is 16.9. The molecule has 2 aromatic carbocycles. The van der Waals surface area contributed by atoms with Crippen LogP contribution in [0.25, 0.3) is 22.2 Å². The molecule has 2 aliphatic rings. The van der Waals surface area contributed by atoms with Crippen LogP contribution in [0.3, 0.4) is 0 Å². The number of nitrogens with one attached hydrogen (secondary N) is 1. The Balaban J connectivity index is 1.62. The first-order chi connectivity index (χ1) is 21.9. The van der Waals surface area contributed by atoms with Crippen LogP contribution in [0, 0.1) is 5.82 Å². The Morgan fingerprint density at radius 2 is 1.65 bits per heavy atom. The van der Waals surface area contributed by atoms with Crippen LogP contribution in [0.15, 0.2) is 36.4 Å². The molecule has 0 atom stereocenters. The van der Waals surface area contributed by atoms with E-state index >= 15 is 0 Å². The van der Waals surface area contributed by atoms with E-state index in [0.717, 1.165) is 79.0 Å². The largest absolute Gasteiger partial charge is 0.341 e. The molecule has 0 unspecified atom stereocenters. The summed E-state index contributed by atoms with van der Waals surface area (Å²) in [4.78, 5) is 31.6. The molecular formula is C34H45ClFN5O4S. The maximum atomic E-state index is 15.0. The Labute approximate surface area is 276 Å². The van der Waals surface area contributed by atoms with E-state index in [0.29, 0.717) is 30.2 Å². The van der Waals surface area contributed by atoms with Crippen LogP contribution in [0.4, 0.5) is 4.39 Å². The van der Waals surface area contributed by atoms with Crippen molar-refractivity contribution in [1.82, 2.24) is 23.4 Å². The number of aromatic nitrogens is 1. The number of rotatable bonds is 10. The van der Waals surface area contributed by atoms with Gasteiger partial charge in [-0.3, -0.25) is 9.59 Å². The number of fused-ring (bicyclic) bond motifs is 1. The molecule has 1 saturated carbocycles. The minimum atomic E-state index is -4.02. The smallest absolute Gasteiger partial charge is 0.303 e. The van der Waals surface area contributed by atoms with Gasteiger partial charge in [0.25, 0.3) is 5.91 Å². The summed E-state index contributed by atoms with van der Waals surface area (Å²) < 4.78 is 44.9. The molecule has 0 bridgehead atoms. The number of amides is 2. The van der Waals surface area contributed by atoms with Gasteiger partial charge in [-0.2, -0.15) is 12.7 Å². The predicted octanol–water partition coefficient (Wildman–Crippen LogP) is 6.02. The molecule has 0 radical (unpaired) electrons. The summed E-state index contributed by atoms with van der Waals surface area (Å²) in [7, 11) is -1.34. The quantitative estimate of drug-likeness (QED) is 0.284. The summed E-state index contributed by atoms with van der Waals surface area (Å²) >= 11 is 6.10. The molecule has 250 valence electrons. The molecule has 1 N–H and O–H groups in total. The summed E-state index contributed by atoms with van der Waals surface area (Å²) in [6, 6.07) is 10.3.